The van der Waals surface area contributed by atoms with Gasteiger partial charge in [-0.05, 0) is 37.6 Å². The predicted molar refractivity (Wildman–Crippen MR) is 99.6 cm³/mol. The van der Waals surface area contributed by atoms with Crippen LogP contribution in [-0.2, 0) is 16.1 Å². The van der Waals surface area contributed by atoms with Gasteiger partial charge in [-0.15, -0.1) is 6.58 Å². The number of carbonyl (C=O) groups excluding carboxylic acids is 1. The fraction of sp³-hybridized carbons (Fsp3) is 0.550. The third-order valence-electron chi connectivity index (χ3n) is 4.48. The molecule has 0 N–H and O–H groups in total. The van der Waals surface area contributed by atoms with Gasteiger partial charge in [0.25, 0.3) is 0 Å². The number of amides is 1. The van der Waals surface area contributed by atoms with Gasteiger partial charge in [-0.3, -0.25) is 4.79 Å². The van der Waals surface area contributed by atoms with Crippen molar-refractivity contribution in [2.75, 3.05) is 46.5 Å². The van der Waals surface area contributed by atoms with E-state index < -0.39 is 0 Å². The molecule has 1 saturated heterocycles. The monoisotopic (exact) mass is 346 g/mol. The van der Waals surface area contributed by atoms with E-state index in [1.165, 1.54) is 0 Å². The SMILES string of the molecule is C=CCN(Cc1cccc(OCC)c1)C(=O)C1CCN(CCOC)C1. The molecule has 0 bridgehead atoms. The molecule has 0 aliphatic carbocycles. The Bertz CT molecular complexity index is 562. The molecule has 25 heavy (non-hydrogen) atoms. The maximum Gasteiger partial charge on any atom is 0.227 e. The molecule has 1 aromatic rings. The summed E-state index contributed by atoms with van der Waals surface area (Å²) in [6.45, 7) is 10.9. The smallest absolute Gasteiger partial charge is 0.227 e. The Morgan fingerprint density at radius 2 is 2.32 bits per heavy atom. The molecule has 0 spiro atoms. The zero-order valence-corrected chi connectivity index (χ0v) is 15.4. The van der Waals surface area contributed by atoms with Crippen molar-refractivity contribution < 1.29 is 14.3 Å². The van der Waals surface area contributed by atoms with Gasteiger partial charge in [-0.2, -0.15) is 0 Å². The van der Waals surface area contributed by atoms with Gasteiger partial charge in [0.1, 0.15) is 5.75 Å². The molecule has 1 aliphatic heterocycles. The van der Waals surface area contributed by atoms with Crippen LogP contribution in [0.5, 0.6) is 5.75 Å². The lowest BCUT2D eigenvalue weighted by Crippen LogP contribution is -2.37. The van der Waals surface area contributed by atoms with E-state index >= 15 is 0 Å². The first-order valence-electron chi connectivity index (χ1n) is 9.00. The number of hydrogen-bond donors (Lipinski definition) is 0. The van der Waals surface area contributed by atoms with Gasteiger partial charge >= 0.3 is 0 Å². The highest BCUT2D eigenvalue weighted by atomic mass is 16.5. The van der Waals surface area contributed by atoms with Gasteiger partial charge in [0.15, 0.2) is 0 Å². The second-order valence-corrected chi connectivity index (χ2v) is 6.37. The standard InChI is InChI=1S/C20H30N2O3/c1-4-10-22(15-17-7-6-8-19(14-17)25-5-2)20(23)18-9-11-21(16-18)12-13-24-3/h4,6-8,14,18H,1,5,9-13,15-16H2,2-3H3. The molecule has 5 heteroatoms. The van der Waals surface area contributed by atoms with Crippen LogP contribution in [0, 0.1) is 5.92 Å². The van der Waals surface area contributed by atoms with Gasteiger partial charge < -0.3 is 19.3 Å². The Labute approximate surface area is 151 Å². The largest absolute Gasteiger partial charge is 0.494 e. The van der Waals surface area contributed by atoms with E-state index in [2.05, 4.69) is 11.5 Å². The number of ether oxygens (including phenoxy) is 2. The molecule has 1 aromatic carbocycles. The summed E-state index contributed by atoms with van der Waals surface area (Å²) >= 11 is 0. The van der Waals surface area contributed by atoms with Crippen LogP contribution in [0.2, 0.25) is 0 Å². The van der Waals surface area contributed by atoms with E-state index in [4.69, 9.17) is 9.47 Å². The van der Waals surface area contributed by atoms with Crippen LogP contribution < -0.4 is 4.74 Å². The zero-order valence-electron chi connectivity index (χ0n) is 15.4. The van der Waals surface area contributed by atoms with E-state index in [0.717, 1.165) is 37.4 Å². The molecule has 1 fully saturated rings. The fourth-order valence-corrected chi connectivity index (χ4v) is 3.22. The first-order chi connectivity index (χ1) is 12.2. The lowest BCUT2D eigenvalue weighted by atomic mass is 10.1. The Kier molecular flexibility index (Phi) is 7.95. The van der Waals surface area contributed by atoms with Gasteiger partial charge in [0.05, 0.1) is 19.1 Å². The van der Waals surface area contributed by atoms with Crippen molar-refractivity contribution in [3.8, 4) is 5.75 Å². The Morgan fingerprint density at radius 3 is 3.04 bits per heavy atom. The third kappa shape index (κ3) is 5.87. The topological polar surface area (TPSA) is 42.0 Å². The third-order valence-corrected chi connectivity index (χ3v) is 4.48. The van der Waals surface area contributed by atoms with Crippen LogP contribution >= 0.6 is 0 Å². The average Bonchev–Trinajstić information content (AvgIpc) is 3.08. The number of methoxy groups -OCH3 is 1. The molecule has 1 atom stereocenters. The maximum atomic E-state index is 13.0. The highest BCUT2D eigenvalue weighted by Gasteiger charge is 2.30. The van der Waals surface area contributed by atoms with Gasteiger partial charge in [0.2, 0.25) is 5.91 Å². The van der Waals surface area contributed by atoms with Gasteiger partial charge in [-0.1, -0.05) is 18.2 Å². The molecule has 5 nitrogen and oxygen atoms in total. The fourth-order valence-electron chi connectivity index (χ4n) is 3.22. The van der Waals surface area contributed by atoms with E-state index in [1.807, 2.05) is 36.1 Å². The molecule has 2 rings (SSSR count). The summed E-state index contributed by atoms with van der Waals surface area (Å²) in [5.74, 6) is 1.12. The van der Waals surface area contributed by atoms with E-state index in [9.17, 15) is 4.79 Å². The van der Waals surface area contributed by atoms with E-state index in [1.54, 1.807) is 13.2 Å². The number of likely N-dealkylation sites (tertiary alicyclic amines) is 1. The Hall–Kier alpha value is -1.85. The number of carbonyl (C=O) groups is 1. The number of benzene rings is 1. The lowest BCUT2D eigenvalue weighted by molar-refractivity contribution is -0.135. The molecule has 1 unspecified atom stereocenters. The summed E-state index contributed by atoms with van der Waals surface area (Å²) in [7, 11) is 1.71. The van der Waals surface area contributed by atoms with Crippen molar-refractivity contribution in [1.82, 2.24) is 9.80 Å². The first-order valence-corrected chi connectivity index (χ1v) is 9.00. The summed E-state index contributed by atoms with van der Waals surface area (Å²) in [5.41, 5.74) is 1.08. The van der Waals surface area contributed by atoms with Crippen LogP contribution in [0.1, 0.15) is 18.9 Å². The highest BCUT2D eigenvalue weighted by molar-refractivity contribution is 5.79. The van der Waals surface area contributed by atoms with Crippen LogP contribution in [-0.4, -0.2) is 62.2 Å². The van der Waals surface area contributed by atoms with Crippen LogP contribution in [0.3, 0.4) is 0 Å². The van der Waals surface area contributed by atoms with Crippen molar-refractivity contribution in [3.05, 3.63) is 42.5 Å². The second-order valence-electron chi connectivity index (χ2n) is 6.37. The van der Waals surface area contributed by atoms with Gasteiger partial charge in [-0.25, -0.2) is 0 Å². The van der Waals surface area contributed by atoms with Crippen molar-refractivity contribution in [3.63, 3.8) is 0 Å². The molecular formula is C20H30N2O3. The minimum Gasteiger partial charge on any atom is -0.494 e. The average molecular weight is 346 g/mol. The summed E-state index contributed by atoms with van der Waals surface area (Å²) < 4.78 is 10.7. The quantitative estimate of drug-likeness (QED) is 0.611. The van der Waals surface area contributed by atoms with Crippen molar-refractivity contribution in [2.45, 2.75) is 19.9 Å². The normalized spacial score (nSPS) is 17.4. The summed E-state index contributed by atoms with van der Waals surface area (Å²) in [4.78, 5) is 17.1. The highest BCUT2D eigenvalue weighted by Crippen LogP contribution is 2.21. The van der Waals surface area contributed by atoms with Gasteiger partial charge in [0, 0.05) is 33.3 Å². The molecule has 0 radical (unpaired) electrons. The minimum absolute atomic E-state index is 0.0619. The molecular weight excluding hydrogens is 316 g/mol. The Balaban J connectivity index is 1.98. The maximum absolute atomic E-state index is 13.0. The number of hydrogen-bond acceptors (Lipinski definition) is 4. The molecule has 1 heterocycles. The predicted octanol–water partition coefficient (Wildman–Crippen LogP) is 2.57. The van der Waals surface area contributed by atoms with Crippen LogP contribution in [0.25, 0.3) is 0 Å². The molecule has 0 saturated carbocycles. The number of rotatable bonds is 10. The van der Waals surface area contributed by atoms with Crippen LogP contribution in [0.15, 0.2) is 36.9 Å². The molecule has 1 aliphatic rings. The molecule has 1 amide bonds. The van der Waals surface area contributed by atoms with E-state index in [0.29, 0.717) is 26.3 Å². The van der Waals surface area contributed by atoms with E-state index in [-0.39, 0.29) is 11.8 Å². The summed E-state index contributed by atoms with van der Waals surface area (Å²) in [6, 6.07) is 7.95. The molecule has 138 valence electrons. The van der Waals surface area contributed by atoms with Crippen molar-refractivity contribution >= 4 is 5.91 Å². The zero-order chi connectivity index (χ0) is 18.1. The Morgan fingerprint density at radius 1 is 1.48 bits per heavy atom. The lowest BCUT2D eigenvalue weighted by Gasteiger charge is -2.25. The van der Waals surface area contributed by atoms with Crippen LogP contribution in [0.4, 0.5) is 0 Å². The summed E-state index contributed by atoms with van der Waals surface area (Å²) in [6.07, 6.45) is 2.71. The van der Waals surface area contributed by atoms with Crippen molar-refractivity contribution in [1.29, 1.82) is 0 Å². The second kappa shape index (κ2) is 10.2. The summed E-state index contributed by atoms with van der Waals surface area (Å²) in [5, 5.41) is 0. The first kappa shape index (κ1) is 19.5. The number of nitrogens with zero attached hydrogens (tertiary/aromatic N) is 2. The van der Waals surface area contributed by atoms with Crippen molar-refractivity contribution in [2.24, 2.45) is 5.92 Å². The molecule has 0 aromatic heterocycles. The minimum atomic E-state index is 0.0619.